The summed E-state index contributed by atoms with van der Waals surface area (Å²) in [6, 6.07) is 4.05. The summed E-state index contributed by atoms with van der Waals surface area (Å²) in [4.78, 5) is 27.6. The van der Waals surface area contributed by atoms with Gasteiger partial charge in [-0.25, -0.2) is 4.79 Å². The van der Waals surface area contributed by atoms with E-state index < -0.39 is 5.97 Å². The molecule has 0 N–H and O–H groups in total. The van der Waals surface area contributed by atoms with E-state index >= 15 is 0 Å². The second-order valence-corrected chi connectivity index (χ2v) is 6.79. The molecule has 24 heavy (non-hydrogen) atoms. The van der Waals surface area contributed by atoms with Gasteiger partial charge in [-0.15, -0.1) is 11.3 Å². The number of fused-ring (bicyclic) bond motifs is 1. The fraction of sp³-hybridized carbons (Fsp3) is 0.471. The summed E-state index contributed by atoms with van der Waals surface area (Å²) in [5.74, 6) is -0.296. The van der Waals surface area contributed by atoms with Gasteiger partial charge in [-0.2, -0.15) is 5.10 Å². The Hall–Kier alpha value is -2.15. The van der Waals surface area contributed by atoms with E-state index in [-0.39, 0.29) is 5.91 Å². The van der Waals surface area contributed by atoms with Crippen molar-refractivity contribution in [2.24, 2.45) is 7.05 Å². The van der Waals surface area contributed by atoms with E-state index in [1.807, 2.05) is 29.5 Å². The lowest BCUT2D eigenvalue weighted by Gasteiger charge is -2.27. The lowest BCUT2D eigenvalue weighted by Crippen LogP contribution is -2.36. The molecule has 0 saturated heterocycles. The van der Waals surface area contributed by atoms with E-state index in [4.69, 9.17) is 4.74 Å². The van der Waals surface area contributed by atoms with Crippen molar-refractivity contribution in [3.63, 3.8) is 0 Å². The number of carbonyl (C=O) groups excluding carboxylic acids is 2. The maximum atomic E-state index is 12.5. The fourth-order valence-electron chi connectivity index (χ4n) is 3.01. The third kappa shape index (κ3) is 3.36. The Kier molecular flexibility index (Phi) is 4.99. The Morgan fingerprint density at radius 2 is 2.25 bits per heavy atom. The molecule has 1 aliphatic rings. The fourth-order valence-corrected chi connectivity index (χ4v) is 3.72. The predicted octanol–water partition coefficient (Wildman–Crippen LogP) is 2.18. The Morgan fingerprint density at radius 1 is 1.42 bits per heavy atom. The predicted molar refractivity (Wildman–Crippen MR) is 90.9 cm³/mol. The number of esters is 1. The van der Waals surface area contributed by atoms with E-state index in [0.717, 1.165) is 17.7 Å². The average molecular weight is 347 g/mol. The summed E-state index contributed by atoms with van der Waals surface area (Å²) in [5.41, 5.74) is 2.18. The zero-order chi connectivity index (χ0) is 17.1. The molecule has 6 nitrogen and oxygen atoms in total. The number of nitrogens with zero attached hydrogens (tertiary/aromatic N) is 3. The number of carbonyl (C=O) groups is 2. The smallest absolute Gasteiger partial charge is 0.359 e. The number of hydrogen-bond donors (Lipinski definition) is 0. The van der Waals surface area contributed by atoms with Crippen LogP contribution >= 0.6 is 11.3 Å². The van der Waals surface area contributed by atoms with Crippen LogP contribution in [0.25, 0.3) is 0 Å². The normalized spacial score (nSPS) is 13.7. The van der Waals surface area contributed by atoms with Crippen LogP contribution in [0, 0.1) is 0 Å². The molecule has 0 unspecified atom stereocenters. The molecule has 128 valence electrons. The molecule has 0 saturated carbocycles. The summed E-state index contributed by atoms with van der Waals surface area (Å²) in [6.07, 6.45) is 1.96. The highest BCUT2D eigenvalue weighted by molar-refractivity contribution is 7.09. The van der Waals surface area contributed by atoms with Crippen LogP contribution in [0.1, 0.15) is 40.0 Å². The quantitative estimate of drug-likeness (QED) is 0.778. The molecule has 0 atom stereocenters. The lowest BCUT2D eigenvalue weighted by molar-refractivity contribution is -0.132. The Bertz CT molecular complexity index is 737. The van der Waals surface area contributed by atoms with Gasteiger partial charge in [0.15, 0.2) is 5.69 Å². The third-order valence-corrected chi connectivity index (χ3v) is 5.17. The standard InChI is InChI=1S/C17H21N3O3S/c1-3-23-17(22)16-13-11-20(9-8-14(13)19(2)18-16)15(21)7-6-12-5-4-10-24-12/h4-5,10H,3,6-9,11H2,1-2H3. The highest BCUT2D eigenvalue weighted by Crippen LogP contribution is 2.24. The number of amides is 1. The van der Waals surface area contributed by atoms with Crippen LogP contribution in [-0.4, -0.2) is 39.7 Å². The van der Waals surface area contributed by atoms with E-state index in [2.05, 4.69) is 5.10 Å². The Morgan fingerprint density at radius 3 is 2.96 bits per heavy atom. The molecule has 7 heteroatoms. The minimum absolute atomic E-state index is 0.118. The molecule has 1 amide bonds. The van der Waals surface area contributed by atoms with Crippen LogP contribution in [0.15, 0.2) is 17.5 Å². The molecule has 3 heterocycles. The van der Waals surface area contributed by atoms with Crippen LogP contribution < -0.4 is 0 Å². The van der Waals surface area contributed by atoms with Crippen LogP contribution in [0.5, 0.6) is 0 Å². The number of rotatable bonds is 5. The Balaban J connectivity index is 1.70. The molecule has 0 aromatic carbocycles. The van der Waals surface area contributed by atoms with E-state index in [0.29, 0.717) is 38.2 Å². The summed E-state index contributed by atoms with van der Waals surface area (Å²) < 4.78 is 6.81. The molecule has 1 aliphatic heterocycles. The van der Waals surface area contributed by atoms with Crippen molar-refractivity contribution in [3.8, 4) is 0 Å². The third-order valence-electron chi connectivity index (χ3n) is 4.23. The van der Waals surface area contributed by atoms with Crippen molar-refractivity contribution < 1.29 is 14.3 Å². The molecule has 0 radical (unpaired) electrons. The SMILES string of the molecule is CCOC(=O)c1nn(C)c2c1CN(C(=O)CCc1cccs1)CC2. The van der Waals surface area contributed by atoms with Gasteiger partial charge in [-0.3, -0.25) is 9.48 Å². The van der Waals surface area contributed by atoms with Gasteiger partial charge in [0.05, 0.1) is 6.61 Å². The van der Waals surface area contributed by atoms with E-state index in [1.165, 1.54) is 4.88 Å². The monoisotopic (exact) mass is 347 g/mol. The molecule has 0 fully saturated rings. The van der Waals surface area contributed by atoms with Crippen molar-refractivity contribution in [1.29, 1.82) is 0 Å². The first-order chi connectivity index (χ1) is 11.6. The number of thiophene rings is 1. The molecular weight excluding hydrogens is 326 g/mol. The van der Waals surface area contributed by atoms with Gasteiger partial charge in [0, 0.05) is 49.1 Å². The van der Waals surface area contributed by atoms with Crippen LogP contribution in [0.4, 0.5) is 0 Å². The van der Waals surface area contributed by atoms with Crippen LogP contribution in [0.2, 0.25) is 0 Å². The van der Waals surface area contributed by atoms with Gasteiger partial charge >= 0.3 is 5.97 Å². The molecule has 0 aliphatic carbocycles. The minimum atomic E-state index is -0.415. The maximum Gasteiger partial charge on any atom is 0.359 e. The van der Waals surface area contributed by atoms with Crippen molar-refractivity contribution in [2.75, 3.05) is 13.2 Å². The summed E-state index contributed by atoms with van der Waals surface area (Å²) in [5, 5.41) is 6.32. The molecule has 2 aromatic rings. The summed E-state index contributed by atoms with van der Waals surface area (Å²) in [6.45, 7) is 3.18. The number of ether oxygens (including phenoxy) is 1. The second kappa shape index (κ2) is 7.17. The average Bonchev–Trinajstić information content (AvgIpc) is 3.21. The van der Waals surface area contributed by atoms with Crippen molar-refractivity contribution in [1.82, 2.24) is 14.7 Å². The Labute approximate surface area is 145 Å². The first-order valence-electron chi connectivity index (χ1n) is 8.12. The van der Waals surface area contributed by atoms with Crippen molar-refractivity contribution in [2.45, 2.75) is 32.7 Å². The largest absolute Gasteiger partial charge is 0.461 e. The highest BCUT2D eigenvalue weighted by atomic mass is 32.1. The molecule has 3 rings (SSSR count). The van der Waals surface area contributed by atoms with Gasteiger partial charge in [0.25, 0.3) is 0 Å². The number of aryl methyl sites for hydroxylation is 2. The first-order valence-corrected chi connectivity index (χ1v) is 9.00. The van der Waals surface area contributed by atoms with Gasteiger partial charge in [0.1, 0.15) is 0 Å². The van der Waals surface area contributed by atoms with E-state index in [1.54, 1.807) is 22.9 Å². The van der Waals surface area contributed by atoms with Gasteiger partial charge in [-0.05, 0) is 24.8 Å². The minimum Gasteiger partial charge on any atom is -0.461 e. The maximum absolute atomic E-state index is 12.5. The summed E-state index contributed by atoms with van der Waals surface area (Å²) >= 11 is 1.67. The molecule has 0 bridgehead atoms. The first kappa shape index (κ1) is 16.7. The van der Waals surface area contributed by atoms with Gasteiger partial charge in [-0.1, -0.05) is 6.07 Å². The van der Waals surface area contributed by atoms with Gasteiger partial charge in [0.2, 0.25) is 5.91 Å². The van der Waals surface area contributed by atoms with Crippen molar-refractivity contribution >= 4 is 23.2 Å². The molecule has 0 spiro atoms. The zero-order valence-corrected chi connectivity index (χ0v) is 14.8. The number of aromatic nitrogens is 2. The second-order valence-electron chi connectivity index (χ2n) is 5.76. The summed E-state index contributed by atoms with van der Waals surface area (Å²) in [7, 11) is 1.83. The molecular formula is C17H21N3O3S. The van der Waals surface area contributed by atoms with Gasteiger partial charge < -0.3 is 9.64 Å². The van der Waals surface area contributed by atoms with Crippen molar-refractivity contribution in [3.05, 3.63) is 39.3 Å². The van der Waals surface area contributed by atoms with Crippen LogP contribution in [-0.2, 0) is 36.0 Å². The lowest BCUT2D eigenvalue weighted by atomic mass is 10.0. The molecule has 2 aromatic heterocycles. The van der Waals surface area contributed by atoms with E-state index in [9.17, 15) is 9.59 Å². The topological polar surface area (TPSA) is 64.4 Å². The zero-order valence-electron chi connectivity index (χ0n) is 13.9. The van der Waals surface area contributed by atoms with Crippen LogP contribution in [0.3, 0.4) is 0 Å². The highest BCUT2D eigenvalue weighted by Gasteiger charge is 2.29. The number of hydrogen-bond acceptors (Lipinski definition) is 5.